The highest BCUT2D eigenvalue weighted by atomic mass is 35.5. The molecule has 0 atom stereocenters. The van der Waals surface area contributed by atoms with E-state index in [0.717, 1.165) is 38.9 Å². The number of carbonyl (C=O) groups is 1. The molecule has 0 radical (unpaired) electrons. The van der Waals surface area contributed by atoms with E-state index in [1.807, 2.05) is 4.68 Å². The summed E-state index contributed by atoms with van der Waals surface area (Å²) in [5, 5.41) is 11.4. The third-order valence-electron chi connectivity index (χ3n) is 3.32. The van der Waals surface area contributed by atoms with E-state index < -0.39 is 0 Å². The molecule has 6 nitrogen and oxygen atoms in total. The molecule has 0 aromatic carbocycles. The summed E-state index contributed by atoms with van der Waals surface area (Å²) in [7, 11) is 1.80. The second-order valence-corrected chi connectivity index (χ2v) is 4.79. The molecule has 1 aliphatic rings. The Hall–Kier alpha value is -1.14. The number of hydrogen-bond acceptors (Lipinski definition) is 4. The van der Waals surface area contributed by atoms with Gasteiger partial charge < -0.3 is 10.2 Å². The molecule has 1 fully saturated rings. The minimum Gasteiger partial charge on any atom is -0.340 e. The molecule has 0 saturated carbocycles. The fourth-order valence-corrected chi connectivity index (χ4v) is 2.26. The Bertz CT molecular complexity index is 403. The summed E-state index contributed by atoms with van der Waals surface area (Å²) in [6, 6.07) is 0.372. The highest BCUT2D eigenvalue weighted by Gasteiger charge is 2.20. The number of rotatable bonds is 4. The maximum Gasteiger partial charge on any atom is 0.275 e. The van der Waals surface area contributed by atoms with E-state index in [2.05, 4.69) is 22.6 Å². The molecule has 19 heavy (non-hydrogen) atoms. The van der Waals surface area contributed by atoms with Crippen LogP contribution in [0.4, 0.5) is 0 Å². The van der Waals surface area contributed by atoms with E-state index in [1.165, 1.54) is 0 Å². The third kappa shape index (κ3) is 3.91. The van der Waals surface area contributed by atoms with Crippen molar-refractivity contribution in [1.82, 2.24) is 25.2 Å². The highest BCUT2D eigenvalue weighted by molar-refractivity contribution is 5.91. The number of aromatic nitrogens is 3. The number of nitrogens with one attached hydrogen (secondary N) is 1. The minimum absolute atomic E-state index is 0. The van der Waals surface area contributed by atoms with Gasteiger partial charge in [0.1, 0.15) is 0 Å². The fourth-order valence-electron chi connectivity index (χ4n) is 2.26. The molecule has 1 amide bonds. The molecule has 1 saturated heterocycles. The molecule has 1 aliphatic heterocycles. The molecule has 0 unspecified atom stereocenters. The molecule has 1 aromatic rings. The van der Waals surface area contributed by atoms with Crippen molar-refractivity contribution in [3.63, 3.8) is 0 Å². The van der Waals surface area contributed by atoms with Crippen LogP contribution in [0, 0.1) is 0 Å². The van der Waals surface area contributed by atoms with Crippen molar-refractivity contribution in [3.8, 4) is 0 Å². The van der Waals surface area contributed by atoms with Gasteiger partial charge in [-0.05, 0) is 32.4 Å². The Balaban J connectivity index is 0.00000180. The summed E-state index contributed by atoms with van der Waals surface area (Å²) in [6.07, 6.45) is 4.82. The van der Waals surface area contributed by atoms with Gasteiger partial charge in [0.15, 0.2) is 5.69 Å². The first kappa shape index (κ1) is 15.9. The van der Waals surface area contributed by atoms with Crippen LogP contribution in [-0.4, -0.2) is 52.5 Å². The van der Waals surface area contributed by atoms with Crippen LogP contribution < -0.4 is 5.32 Å². The fraction of sp³-hybridized carbons (Fsp3) is 0.750. The van der Waals surface area contributed by atoms with Crippen molar-refractivity contribution >= 4 is 18.3 Å². The van der Waals surface area contributed by atoms with Gasteiger partial charge in [0.25, 0.3) is 5.91 Å². The Morgan fingerprint density at radius 1 is 1.53 bits per heavy atom. The minimum atomic E-state index is -0.0444. The standard InChI is InChI=1S/C12H21N5O.ClH/c1-3-8-16(2)12(18)11-9-17(15-14-11)10-4-6-13-7-5-10;/h9-10,13H,3-8H2,1-2H3;1H. The largest absolute Gasteiger partial charge is 0.340 e. The molecule has 108 valence electrons. The van der Waals surface area contributed by atoms with Gasteiger partial charge in [-0.3, -0.25) is 4.79 Å². The second kappa shape index (κ2) is 7.45. The maximum absolute atomic E-state index is 12.0. The first-order valence-electron chi connectivity index (χ1n) is 6.60. The lowest BCUT2D eigenvalue weighted by atomic mass is 10.1. The van der Waals surface area contributed by atoms with Gasteiger partial charge in [0.05, 0.1) is 12.2 Å². The van der Waals surface area contributed by atoms with E-state index in [1.54, 1.807) is 18.1 Å². The lowest BCUT2D eigenvalue weighted by molar-refractivity contribution is 0.0789. The predicted octanol–water partition coefficient (Wildman–Crippen LogP) is 1.11. The second-order valence-electron chi connectivity index (χ2n) is 4.79. The smallest absolute Gasteiger partial charge is 0.275 e. The summed E-state index contributed by atoms with van der Waals surface area (Å²) in [4.78, 5) is 13.7. The van der Waals surface area contributed by atoms with Crippen molar-refractivity contribution in [2.45, 2.75) is 32.2 Å². The normalized spacial score (nSPS) is 15.9. The number of piperidine rings is 1. The molecule has 2 heterocycles. The van der Waals surface area contributed by atoms with Crippen LogP contribution in [0.15, 0.2) is 6.20 Å². The molecular weight excluding hydrogens is 266 g/mol. The Kier molecular flexibility index (Phi) is 6.24. The van der Waals surface area contributed by atoms with Crippen LogP contribution in [0.1, 0.15) is 42.7 Å². The first-order chi connectivity index (χ1) is 8.72. The van der Waals surface area contributed by atoms with Gasteiger partial charge in [0.2, 0.25) is 0 Å². The third-order valence-corrected chi connectivity index (χ3v) is 3.32. The van der Waals surface area contributed by atoms with Gasteiger partial charge in [-0.2, -0.15) is 0 Å². The average Bonchev–Trinajstić information content (AvgIpc) is 2.89. The lowest BCUT2D eigenvalue weighted by Gasteiger charge is -2.22. The Morgan fingerprint density at radius 3 is 2.84 bits per heavy atom. The first-order valence-corrected chi connectivity index (χ1v) is 6.60. The number of halogens is 1. The molecule has 1 aromatic heterocycles. The molecule has 0 spiro atoms. The number of nitrogens with zero attached hydrogens (tertiary/aromatic N) is 4. The summed E-state index contributed by atoms with van der Waals surface area (Å²) in [5.41, 5.74) is 0.449. The molecule has 7 heteroatoms. The Labute approximate surface area is 119 Å². The van der Waals surface area contributed by atoms with E-state index in [9.17, 15) is 4.79 Å². The van der Waals surface area contributed by atoms with Gasteiger partial charge in [0, 0.05) is 13.6 Å². The van der Waals surface area contributed by atoms with Crippen molar-refractivity contribution in [1.29, 1.82) is 0 Å². The van der Waals surface area contributed by atoms with Crippen LogP contribution in [0.2, 0.25) is 0 Å². The maximum atomic E-state index is 12.0. The van der Waals surface area contributed by atoms with Crippen LogP contribution in [0.5, 0.6) is 0 Å². The number of amides is 1. The molecule has 0 bridgehead atoms. The lowest BCUT2D eigenvalue weighted by Crippen LogP contribution is -2.29. The van der Waals surface area contributed by atoms with Crippen molar-refractivity contribution in [2.24, 2.45) is 0 Å². The van der Waals surface area contributed by atoms with Crippen molar-refractivity contribution in [3.05, 3.63) is 11.9 Å². The molecule has 1 N–H and O–H groups in total. The summed E-state index contributed by atoms with van der Waals surface area (Å²) < 4.78 is 1.84. The van der Waals surface area contributed by atoms with Crippen LogP contribution in [0.25, 0.3) is 0 Å². The van der Waals surface area contributed by atoms with Crippen LogP contribution >= 0.6 is 12.4 Å². The molecule has 0 aliphatic carbocycles. The van der Waals surface area contributed by atoms with Gasteiger partial charge >= 0.3 is 0 Å². The average molecular weight is 288 g/mol. The van der Waals surface area contributed by atoms with Crippen LogP contribution in [-0.2, 0) is 0 Å². The number of carbonyl (C=O) groups excluding carboxylic acids is 1. The molecule has 2 rings (SSSR count). The summed E-state index contributed by atoms with van der Waals surface area (Å²) >= 11 is 0. The van der Waals surface area contributed by atoms with E-state index in [0.29, 0.717) is 11.7 Å². The van der Waals surface area contributed by atoms with Gasteiger partial charge in [-0.1, -0.05) is 12.1 Å². The van der Waals surface area contributed by atoms with Crippen molar-refractivity contribution < 1.29 is 4.79 Å². The van der Waals surface area contributed by atoms with E-state index in [-0.39, 0.29) is 18.3 Å². The summed E-state index contributed by atoms with van der Waals surface area (Å²) in [6.45, 7) is 4.81. The predicted molar refractivity (Wildman–Crippen MR) is 75.7 cm³/mol. The van der Waals surface area contributed by atoms with Crippen molar-refractivity contribution in [2.75, 3.05) is 26.7 Å². The zero-order chi connectivity index (χ0) is 13.0. The number of hydrogen-bond donors (Lipinski definition) is 1. The monoisotopic (exact) mass is 287 g/mol. The van der Waals surface area contributed by atoms with E-state index >= 15 is 0 Å². The highest BCUT2D eigenvalue weighted by Crippen LogP contribution is 2.17. The van der Waals surface area contributed by atoms with E-state index in [4.69, 9.17) is 0 Å². The SMILES string of the molecule is CCCN(C)C(=O)c1cn(C2CCNCC2)nn1.Cl. The zero-order valence-electron chi connectivity index (χ0n) is 11.5. The molecular formula is C12H22ClN5O. The quantitative estimate of drug-likeness (QED) is 0.901. The van der Waals surface area contributed by atoms with Gasteiger partial charge in [-0.25, -0.2) is 4.68 Å². The Morgan fingerprint density at radius 2 is 2.21 bits per heavy atom. The van der Waals surface area contributed by atoms with Gasteiger partial charge in [-0.15, -0.1) is 17.5 Å². The summed E-state index contributed by atoms with van der Waals surface area (Å²) in [5.74, 6) is -0.0444. The zero-order valence-corrected chi connectivity index (χ0v) is 12.3. The van der Waals surface area contributed by atoms with Crippen LogP contribution in [0.3, 0.4) is 0 Å². The topological polar surface area (TPSA) is 63.1 Å².